The third kappa shape index (κ3) is 5.66. The Morgan fingerprint density at radius 1 is 0.523 bits per heavy atom. The van der Waals surface area contributed by atoms with Gasteiger partial charge in [-0.25, -0.2) is 9.98 Å². The van der Waals surface area contributed by atoms with Gasteiger partial charge in [-0.2, -0.15) is 0 Å². The predicted octanol–water partition coefficient (Wildman–Crippen LogP) is 14.8. The van der Waals surface area contributed by atoms with Crippen molar-refractivity contribution in [1.29, 1.82) is 0 Å². The Morgan fingerprint density at radius 3 is 1.98 bits per heavy atom. The van der Waals surface area contributed by atoms with E-state index >= 15 is 0 Å². The quantitative estimate of drug-likeness (QED) is 0.191. The average Bonchev–Trinajstić information content (AvgIpc) is 4.01. The summed E-state index contributed by atoms with van der Waals surface area (Å²) in [5.41, 5.74) is 14.7. The van der Waals surface area contributed by atoms with Crippen LogP contribution >= 0.6 is 0 Å². The van der Waals surface area contributed by atoms with Gasteiger partial charge in [0.1, 0.15) is 45.3 Å². The summed E-state index contributed by atoms with van der Waals surface area (Å²) in [5.74, 6) is 2.97. The molecule has 6 nitrogen and oxygen atoms in total. The molecule has 11 aromatic rings. The van der Waals surface area contributed by atoms with E-state index in [-0.39, 0.29) is 5.92 Å². The van der Waals surface area contributed by atoms with Crippen LogP contribution in [0, 0.1) is 5.92 Å². The molecule has 0 amide bonds. The summed E-state index contributed by atoms with van der Waals surface area (Å²) < 4.78 is 19.9. The summed E-state index contributed by atoms with van der Waals surface area (Å²) in [7, 11) is 0. The average molecular weight is 840 g/mol. The molecule has 3 unspecified atom stereocenters. The van der Waals surface area contributed by atoms with Crippen molar-refractivity contribution < 1.29 is 13.3 Å². The Bertz CT molecular complexity index is 3890. The number of aryl methyl sites for hydroxylation is 1. The molecule has 0 saturated heterocycles. The molecule has 0 radical (unpaired) electrons. The lowest BCUT2D eigenvalue weighted by atomic mass is 9.84. The summed E-state index contributed by atoms with van der Waals surface area (Å²) in [6.45, 7) is 2.23. The summed E-state index contributed by atoms with van der Waals surface area (Å²) >= 11 is 0. The molecule has 3 aromatic heterocycles. The van der Waals surface area contributed by atoms with Gasteiger partial charge in [0.05, 0.1) is 0 Å². The van der Waals surface area contributed by atoms with Crippen molar-refractivity contribution in [2.24, 2.45) is 15.9 Å². The van der Waals surface area contributed by atoms with E-state index in [1.54, 1.807) is 0 Å². The standard InChI is InChI=1S/C59H41N3O3/c1-33-24-26-43-52(28-33)65-51-23-11-19-45(55(43)51)58-60-57(44-18-10-22-50-54(44)41-16-6-8-20-48(41)63-50)61-59(62-58)47-31-37(32-53-56(47)42-17-7-9-21-49(42)64-53)38-27-25-36-29-34-12-2-3-13-35(34)30-46(36)40-15-5-4-14-39(38)40/h2-24,26,29-33,38,58H,25,27-28H2,1H3,(H,60,61,62). The van der Waals surface area contributed by atoms with Crippen molar-refractivity contribution in [3.05, 3.63) is 209 Å². The van der Waals surface area contributed by atoms with E-state index in [4.69, 9.17) is 23.2 Å². The van der Waals surface area contributed by atoms with Gasteiger partial charge in [0, 0.05) is 61.5 Å². The van der Waals surface area contributed by atoms with Crippen LogP contribution in [-0.4, -0.2) is 11.7 Å². The van der Waals surface area contributed by atoms with Crippen molar-refractivity contribution in [2.45, 2.75) is 38.3 Å². The van der Waals surface area contributed by atoms with Crippen LogP contribution in [0.3, 0.4) is 0 Å². The molecule has 6 heteroatoms. The topological polar surface area (TPSA) is 76.2 Å². The van der Waals surface area contributed by atoms with Gasteiger partial charge in [-0.05, 0) is 99.8 Å². The van der Waals surface area contributed by atoms with E-state index in [9.17, 15) is 0 Å². The fourth-order valence-corrected chi connectivity index (χ4v) is 11.1. The summed E-state index contributed by atoms with van der Waals surface area (Å²) in [5, 5.41) is 11.6. The lowest BCUT2D eigenvalue weighted by Gasteiger charge is -2.25. The molecule has 65 heavy (non-hydrogen) atoms. The first-order valence-corrected chi connectivity index (χ1v) is 22.7. The van der Waals surface area contributed by atoms with E-state index in [2.05, 4.69) is 158 Å². The minimum atomic E-state index is -0.591. The maximum Gasteiger partial charge on any atom is 0.170 e. The molecule has 1 aliphatic heterocycles. The highest BCUT2D eigenvalue weighted by molar-refractivity contribution is 6.27. The number of fused-ring (bicyclic) bond motifs is 13. The first-order valence-electron chi connectivity index (χ1n) is 22.7. The van der Waals surface area contributed by atoms with Gasteiger partial charge < -0.3 is 18.6 Å². The van der Waals surface area contributed by atoms with E-state index in [1.165, 1.54) is 38.6 Å². The van der Waals surface area contributed by atoms with E-state index in [0.717, 1.165) is 114 Å². The molecule has 310 valence electrons. The highest BCUT2D eigenvalue weighted by Crippen LogP contribution is 2.46. The molecule has 0 spiro atoms. The van der Waals surface area contributed by atoms with Gasteiger partial charge in [0.15, 0.2) is 6.17 Å². The number of aliphatic imine (C=N–C) groups is 2. The molecular formula is C59H41N3O3. The Morgan fingerprint density at radius 2 is 1.15 bits per heavy atom. The van der Waals surface area contributed by atoms with Crippen LogP contribution in [0.1, 0.15) is 70.1 Å². The van der Waals surface area contributed by atoms with Gasteiger partial charge in [-0.15, -0.1) is 0 Å². The predicted molar refractivity (Wildman–Crippen MR) is 264 cm³/mol. The number of hydrogen-bond donors (Lipinski definition) is 1. The molecule has 2 aliphatic carbocycles. The Kier molecular flexibility index (Phi) is 7.88. The number of furan rings is 3. The molecule has 0 fully saturated rings. The highest BCUT2D eigenvalue weighted by Gasteiger charge is 2.31. The molecule has 0 bridgehead atoms. The normalized spacial score (nSPS) is 18.1. The lowest BCUT2D eigenvalue weighted by Crippen LogP contribution is -2.36. The van der Waals surface area contributed by atoms with Crippen LogP contribution in [0.4, 0.5) is 0 Å². The van der Waals surface area contributed by atoms with E-state index in [0.29, 0.717) is 5.92 Å². The zero-order valence-electron chi connectivity index (χ0n) is 35.6. The number of hydrogen-bond acceptors (Lipinski definition) is 6. The number of rotatable bonds is 4. The molecular weight excluding hydrogens is 799 g/mol. The molecule has 14 rings (SSSR count). The van der Waals surface area contributed by atoms with Crippen molar-refractivity contribution >= 4 is 83.4 Å². The molecule has 3 aliphatic rings. The second-order valence-electron chi connectivity index (χ2n) is 18.0. The Balaban J connectivity index is 1.00. The third-order valence-corrected chi connectivity index (χ3v) is 14.1. The fourth-order valence-electron chi connectivity index (χ4n) is 11.1. The van der Waals surface area contributed by atoms with Crippen LogP contribution in [0.2, 0.25) is 0 Å². The van der Waals surface area contributed by atoms with Gasteiger partial charge in [0.2, 0.25) is 0 Å². The van der Waals surface area contributed by atoms with Crippen LogP contribution in [0.5, 0.6) is 0 Å². The Hall–Kier alpha value is -7.96. The number of amidine groups is 2. The van der Waals surface area contributed by atoms with Crippen molar-refractivity contribution in [3.63, 3.8) is 0 Å². The smallest absolute Gasteiger partial charge is 0.170 e. The number of para-hydroxylation sites is 2. The van der Waals surface area contributed by atoms with Crippen molar-refractivity contribution in [2.75, 3.05) is 0 Å². The molecule has 0 saturated carbocycles. The minimum absolute atomic E-state index is 0.0950. The SMILES string of the molecule is CC1C=Cc2c(oc3cccc(C4N=C(c5cccc6oc7ccccc7c56)NC(c5cc(C6CCc7cc8ccccc8cc7-c7ccccc76)cc6oc7ccccc7c56)=N4)c23)C1. The second-order valence-corrected chi connectivity index (χ2v) is 18.0. The fraction of sp³-hybridized carbons (Fsp3) is 0.119. The maximum atomic E-state index is 6.84. The zero-order chi connectivity index (χ0) is 42.8. The second kappa shape index (κ2) is 14.0. The number of nitrogens with zero attached hydrogens (tertiary/aromatic N) is 2. The molecule has 1 N–H and O–H groups in total. The number of allylic oxidation sites excluding steroid dienone is 1. The maximum absolute atomic E-state index is 6.84. The van der Waals surface area contributed by atoms with Crippen LogP contribution in [0.15, 0.2) is 187 Å². The molecule has 4 heterocycles. The minimum Gasteiger partial charge on any atom is -0.460 e. The van der Waals surface area contributed by atoms with Crippen molar-refractivity contribution in [3.8, 4) is 11.1 Å². The monoisotopic (exact) mass is 839 g/mol. The molecule has 3 atom stereocenters. The molecule has 8 aromatic carbocycles. The summed E-state index contributed by atoms with van der Waals surface area (Å²) in [6.07, 6.45) is 6.66. The van der Waals surface area contributed by atoms with Crippen LogP contribution in [-0.2, 0) is 12.8 Å². The lowest BCUT2D eigenvalue weighted by molar-refractivity contribution is 0.513. The van der Waals surface area contributed by atoms with Gasteiger partial charge >= 0.3 is 0 Å². The van der Waals surface area contributed by atoms with Gasteiger partial charge in [-0.3, -0.25) is 0 Å². The van der Waals surface area contributed by atoms with E-state index < -0.39 is 6.17 Å². The number of nitrogens with one attached hydrogen (secondary N) is 1. The third-order valence-electron chi connectivity index (χ3n) is 14.1. The number of benzene rings is 8. The first-order chi connectivity index (χ1) is 32.1. The first kappa shape index (κ1) is 36.5. The van der Waals surface area contributed by atoms with E-state index in [1.807, 2.05) is 24.3 Å². The summed E-state index contributed by atoms with van der Waals surface area (Å²) in [4.78, 5) is 11.2. The van der Waals surface area contributed by atoms with Crippen LogP contribution < -0.4 is 5.32 Å². The highest BCUT2D eigenvalue weighted by atomic mass is 16.3. The van der Waals surface area contributed by atoms with Gasteiger partial charge in [-0.1, -0.05) is 134 Å². The van der Waals surface area contributed by atoms with Crippen molar-refractivity contribution in [1.82, 2.24) is 5.32 Å². The van der Waals surface area contributed by atoms with Crippen LogP contribution in [0.25, 0.3) is 82.8 Å². The van der Waals surface area contributed by atoms with Gasteiger partial charge in [0.25, 0.3) is 0 Å². The summed E-state index contributed by atoms with van der Waals surface area (Å²) in [6, 6.07) is 56.3. The Labute approximate surface area is 374 Å². The zero-order valence-corrected chi connectivity index (χ0v) is 35.6. The largest absolute Gasteiger partial charge is 0.460 e.